The van der Waals surface area contributed by atoms with Crippen molar-refractivity contribution in [2.75, 3.05) is 13.1 Å². The number of hydrogen-bond donors (Lipinski definition) is 2. The third-order valence-electron chi connectivity index (χ3n) is 2.91. The van der Waals surface area contributed by atoms with Gasteiger partial charge < -0.3 is 15.3 Å². The zero-order valence-electron chi connectivity index (χ0n) is 10.1. The lowest BCUT2D eigenvalue weighted by molar-refractivity contribution is -0.147. The number of amides is 2. The van der Waals surface area contributed by atoms with E-state index in [0.717, 1.165) is 12.8 Å². The molecular weight excluding hydrogens is 224 g/mol. The predicted molar refractivity (Wildman–Crippen MR) is 60.2 cm³/mol. The van der Waals surface area contributed by atoms with Gasteiger partial charge in [-0.05, 0) is 26.7 Å². The molecule has 0 aromatic rings. The third kappa shape index (κ3) is 3.44. The summed E-state index contributed by atoms with van der Waals surface area (Å²) in [6.45, 7) is 4.30. The monoisotopic (exact) mass is 242 g/mol. The van der Waals surface area contributed by atoms with Crippen molar-refractivity contribution >= 4 is 17.8 Å². The van der Waals surface area contributed by atoms with Gasteiger partial charge in [-0.15, -0.1) is 0 Å². The van der Waals surface area contributed by atoms with Crippen molar-refractivity contribution < 1.29 is 19.5 Å². The van der Waals surface area contributed by atoms with Crippen molar-refractivity contribution in [1.29, 1.82) is 0 Å². The Morgan fingerprint density at radius 3 is 2.18 bits per heavy atom. The van der Waals surface area contributed by atoms with Gasteiger partial charge in [-0.25, -0.2) is 0 Å². The summed E-state index contributed by atoms with van der Waals surface area (Å²) < 4.78 is 0. The highest BCUT2D eigenvalue weighted by molar-refractivity contribution is 5.98. The molecule has 0 saturated carbocycles. The smallest absolute Gasteiger partial charge is 0.315 e. The third-order valence-corrected chi connectivity index (χ3v) is 2.91. The molecule has 2 unspecified atom stereocenters. The van der Waals surface area contributed by atoms with Gasteiger partial charge in [-0.3, -0.25) is 14.4 Å². The Balaban J connectivity index is 2.47. The zero-order chi connectivity index (χ0) is 13.0. The van der Waals surface area contributed by atoms with Gasteiger partial charge in [-0.2, -0.15) is 0 Å². The van der Waals surface area contributed by atoms with Gasteiger partial charge in [0.05, 0.1) is 0 Å². The second kappa shape index (κ2) is 5.65. The van der Waals surface area contributed by atoms with E-state index in [9.17, 15) is 14.4 Å². The number of likely N-dealkylation sites (tertiary alicyclic amines) is 1. The van der Waals surface area contributed by atoms with E-state index < -0.39 is 23.8 Å². The number of aliphatic carboxylic acids is 1. The summed E-state index contributed by atoms with van der Waals surface area (Å²) >= 11 is 0. The number of carbonyl (C=O) groups is 3. The van der Waals surface area contributed by atoms with Crippen LogP contribution >= 0.6 is 0 Å². The highest BCUT2D eigenvalue weighted by atomic mass is 16.4. The number of carboxylic acid groups (broad SMARTS) is 1. The van der Waals surface area contributed by atoms with Gasteiger partial charge in [-0.1, -0.05) is 0 Å². The van der Waals surface area contributed by atoms with E-state index in [1.54, 1.807) is 11.8 Å². The first-order valence-corrected chi connectivity index (χ1v) is 5.75. The highest BCUT2D eigenvalue weighted by Gasteiger charge is 2.27. The molecule has 0 radical (unpaired) electrons. The minimum atomic E-state index is -1.19. The highest BCUT2D eigenvalue weighted by Crippen LogP contribution is 2.09. The molecule has 0 bridgehead atoms. The van der Waals surface area contributed by atoms with Crippen LogP contribution in [0.5, 0.6) is 0 Å². The van der Waals surface area contributed by atoms with Gasteiger partial charge in [0.2, 0.25) is 11.8 Å². The summed E-state index contributed by atoms with van der Waals surface area (Å²) in [5.74, 6) is -3.10. The van der Waals surface area contributed by atoms with Gasteiger partial charge in [0.25, 0.3) is 0 Å². The number of nitrogens with zero attached hydrogens (tertiary/aromatic N) is 1. The minimum absolute atomic E-state index is 0.145. The van der Waals surface area contributed by atoms with E-state index in [0.29, 0.717) is 13.1 Å². The molecule has 0 spiro atoms. The molecule has 0 aliphatic carbocycles. The van der Waals surface area contributed by atoms with Crippen LogP contribution in [0, 0.1) is 5.92 Å². The Labute approximate surface area is 100.0 Å². The van der Waals surface area contributed by atoms with E-state index in [4.69, 9.17) is 5.11 Å². The normalized spacial score (nSPS) is 18.6. The number of carboxylic acids is 1. The Bertz CT molecular complexity index is 323. The standard InChI is InChI=1S/C11H18N2O4/c1-7(11(16)17)9(14)12-8(2)10(15)13-5-3-4-6-13/h7-8H,3-6H2,1-2H3,(H,12,14)(H,16,17). The summed E-state index contributed by atoms with van der Waals surface area (Å²) in [4.78, 5) is 35.6. The van der Waals surface area contributed by atoms with Crippen LogP contribution in [0.4, 0.5) is 0 Å². The van der Waals surface area contributed by atoms with Crippen LogP contribution in [0.3, 0.4) is 0 Å². The summed E-state index contributed by atoms with van der Waals surface area (Å²) in [6, 6.07) is -0.664. The summed E-state index contributed by atoms with van der Waals surface area (Å²) in [7, 11) is 0. The van der Waals surface area contributed by atoms with Crippen LogP contribution in [0.25, 0.3) is 0 Å². The molecule has 2 amide bonds. The van der Waals surface area contributed by atoms with Gasteiger partial charge in [0, 0.05) is 13.1 Å². The molecule has 1 aliphatic heterocycles. The second-order valence-corrected chi connectivity index (χ2v) is 4.32. The van der Waals surface area contributed by atoms with Crippen LogP contribution in [-0.4, -0.2) is 46.9 Å². The molecule has 2 atom stereocenters. The van der Waals surface area contributed by atoms with E-state index in [-0.39, 0.29) is 5.91 Å². The van der Waals surface area contributed by atoms with Crippen LogP contribution in [0.1, 0.15) is 26.7 Å². The Hall–Kier alpha value is -1.59. The Morgan fingerprint density at radius 2 is 1.71 bits per heavy atom. The SMILES string of the molecule is CC(NC(=O)C(C)C(=O)O)C(=O)N1CCCC1. The fourth-order valence-electron chi connectivity index (χ4n) is 1.72. The molecule has 6 heteroatoms. The lowest BCUT2D eigenvalue weighted by Crippen LogP contribution is -2.48. The van der Waals surface area contributed by atoms with Crippen LogP contribution in [-0.2, 0) is 14.4 Å². The van der Waals surface area contributed by atoms with Crippen LogP contribution in [0.15, 0.2) is 0 Å². The maximum absolute atomic E-state index is 11.8. The Morgan fingerprint density at radius 1 is 1.18 bits per heavy atom. The van der Waals surface area contributed by atoms with Crippen molar-refractivity contribution in [3.05, 3.63) is 0 Å². The molecule has 0 aromatic carbocycles. The predicted octanol–water partition coefficient (Wildman–Crippen LogP) is -0.166. The fourth-order valence-corrected chi connectivity index (χ4v) is 1.72. The average Bonchev–Trinajstić information content (AvgIpc) is 2.79. The van der Waals surface area contributed by atoms with Crippen LogP contribution < -0.4 is 5.32 Å². The number of rotatable bonds is 4. The van der Waals surface area contributed by atoms with Gasteiger partial charge >= 0.3 is 5.97 Å². The van der Waals surface area contributed by atoms with Crippen LogP contribution in [0.2, 0.25) is 0 Å². The summed E-state index contributed by atoms with van der Waals surface area (Å²) in [5, 5.41) is 11.1. The fraction of sp³-hybridized carbons (Fsp3) is 0.727. The van der Waals surface area contributed by atoms with Crippen molar-refractivity contribution in [2.24, 2.45) is 5.92 Å². The maximum Gasteiger partial charge on any atom is 0.315 e. The molecule has 96 valence electrons. The van der Waals surface area contributed by atoms with E-state index in [1.165, 1.54) is 6.92 Å². The lowest BCUT2D eigenvalue weighted by Gasteiger charge is -2.21. The minimum Gasteiger partial charge on any atom is -0.481 e. The quantitative estimate of drug-likeness (QED) is 0.670. The molecule has 1 fully saturated rings. The maximum atomic E-state index is 11.8. The summed E-state index contributed by atoms with van der Waals surface area (Å²) in [6.07, 6.45) is 1.97. The molecule has 1 aliphatic rings. The summed E-state index contributed by atoms with van der Waals surface area (Å²) in [5.41, 5.74) is 0. The largest absolute Gasteiger partial charge is 0.481 e. The average molecular weight is 242 g/mol. The van der Waals surface area contributed by atoms with Gasteiger partial charge in [0.1, 0.15) is 12.0 Å². The Kier molecular flexibility index (Phi) is 4.48. The van der Waals surface area contributed by atoms with E-state index in [2.05, 4.69) is 5.32 Å². The number of carbonyl (C=O) groups excluding carboxylic acids is 2. The first-order valence-electron chi connectivity index (χ1n) is 5.75. The second-order valence-electron chi connectivity index (χ2n) is 4.32. The number of hydrogen-bond acceptors (Lipinski definition) is 3. The molecule has 1 saturated heterocycles. The first-order chi connectivity index (χ1) is 7.93. The molecule has 1 rings (SSSR count). The molecular formula is C11H18N2O4. The van der Waals surface area contributed by atoms with Crippen molar-refractivity contribution in [3.8, 4) is 0 Å². The van der Waals surface area contributed by atoms with E-state index >= 15 is 0 Å². The molecule has 6 nitrogen and oxygen atoms in total. The first kappa shape index (κ1) is 13.5. The topological polar surface area (TPSA) is 86.7 Å². The molecule has 1 heterocycles. The van der Waals surface area contributed by atoms with Crippen molar-refractivity contribution in [3.63, 3.8) is 0 Å². The zero-order valence-corrected chi connectivity index (χ0v) is 10.1. The van der Waals surface area contributed by atoms with Crippen molar-refractivity contribution in [1.82, 2.24) is 10.2 Å². The van der Waals surface area contributed by atoms with E-state index in [1.807, 2.05) is 0 Å². The molecule has 17 heavy (non-hydrogen) atoms. The number of nitrogens with one attached hydrogen (secondary N) is 1. The van der Waals surface area contributed by atoms with Crippen molar-refractivity contribution in [2.45, 2.75) is 32.7 Å². The molecule has 0 aromatic heterocycles. The lowest BCUT2D eigenvalue weighted by atomic mass is 10.1. The van der Waals surface area contributed by atoms with Gasteiger partial charge in [0.15, 0.2) is 0 Å². The molecule has 2 N–H and O–H groups in total.